The summed E-state index contributed by atoms with van der Waals surface area (Å²) in [4.78, 5) is 31.2. The third-order valence-electron chi connectivity index (χ3n) is 6.96. The fraction of sp³-hybridized carbons (Fsp3) is 0.692. The van der Waals surface area contributed by atoms with Gasteiger partial charge in [-0.2, -0.15) is 11.8 Å². The van der Waals surface area contributed by atoms with E-state index in [0.717, 1.165) is 51.1 Å². The minimum absolute atomic E-state index is 0.0793. The number of thioether (sulfide) groups is 1. The summed E-state index contributed by atoms with van der Waals surface area (Å²) in [6.45, 7) is 7.76. The molecule has 32 heavy (non-hydrogen) atoms. The highest BCUT2D eigenvalue weighted by Gasteiger charge is 2.53. The number of amides is 2. The Morgan fingerprint density at radius 3 is 2.44 bits per heavy atom. The molecule has 2 saturated heterocycles. The molecule has 6 heteroatoms. The van der Waals surface area contributed by atoms with Crippen LogP contribution in [0, 0.1) is 5.92 Å². The molecule has 2 aliphatic rings. The standard InChI is InChI=1S/C26H41N3O2S/c1-21(2)20-23-24(30)29(16-9-19-32-3)26(25(31)27-23)13-17-28(18-14-26)15-8-7-12-22-10-5-4-6-11-22/h4-6,10-11,21,23H,7-9,12-20H2,1-3H3,(H,27,31)/t23-/m0/s1. The second-order valence-electron chi connectivity index (χ2n) is 9.81. The van der Waals surface area contributed by atoms with Crippen molar-refractivity contribution in [1.82, 2.24) is 15.1 Å². The fourth-order valence-electron chi connectivity index (χ4n) is 5.15. The molecular weight excluding hydrogens is 418 g/mol. The molecule has 2 aliphatic heterocycles. The van der Waals surface area contributed by atoms with Crippen LogP contribution >= 0.6 is 11.8 Å². The van der Waals surface area contributed by atoms with E-state index in [1.807, 2.05) is 4.90 Å². The maximum Gasteiger partial charge on any atom is 0.246 e. The van der Waals surface area contributed by atoms with Crippen molar-refractivity contribution >= 4 is 23.6 Å². The van der Waals surface area contributed by atoms with Gasteiger partial charge in [0.1, 0.15) is 11.6 Å². The lowest BCUT2D eigenvalue weighted by Crippen LogP contribution is -2.73. The first-order valence-electron chi connectivity index (χ1n) is 12.3. The Bertz CT molecular complexity index is 732. The lowest BCUT2D eigenvalue weighted by atomic mass is 9.80. The maximum atomic E-state index is 13.4. The van der Waals surface area contributed by atoms with Gasteiger partial charge in [-0.3, -0.25) is 9.59 Å². The molecule has 1 spiro atoms. The van der Waals surface area contributed by atoms with Crippen molar-refractivity contribution < 1.29 is 9.59 Å². The van der Waals surface area contributed by atoms with Crippen molar-refractivity contribution in [2.24, 2.45) is 5.92 Å². The Balaban J connectivity index is 1.56. The molecule has 2 amide bonds. The lowest BCUT2D eigenvalue weighted by Gasteiger charge is -2.52. The Labute approximate surface area is 198 Å². The predicted octanol–water partition coefficient (Wildman–Crippen LogP) is 3.97. The second-order valence-corrected chi connectivity index (χ2v) is 10.8. The number of unbranched alkanes of at least 4 members (excludes halogenated alkanes) is 1. The van der Waals surface area contributed by atoms with Crippen molar-refractivity contribution in [2.75, 3.05) is 38.2 Å². The van der Waals surface area contributed by atoms with Gasteiger partial charge in [0.15, 0.2) is 0 Å². The van der Waals surface area contributed by atoms with Crippen molar-refractivity contribution in [3.05, 3.63) is 35.9 Å². The first-order valence-corrected chi connectivity index (χ1v) is 13.7. The Kier molecular flexibility index (Phi) is 9.47. The smallest absolute Gasteiger partial charge is 0.246 e. The van der Waals surface area contributed by atoms with Crippen LogP contribution < -0.4 is 5.32 Å². The van der Waals surface area contributed by atoms with Crippen LogP contribution in [0.2, 0.25) is 0 Å². The van der Waals surface area contributed by atoms with Crippen LogP contribution in [0.5, 0.6) is 0 Å². The third-order valence-corrected chi connectivity index (χ3v) is 7.66. The minimum Gasteiger partial charge on any atom is -0.342 e. The molecule has 0 radical (unpaired) electrons. The molecule has 0 aliphatic carbocycles. The van der Waals surface area contributed by atoms with Crippen LogP contribution in [0.4, 0.5) is 0 Å². The first kappa shape index (κ1) is 25.1. The molecule has 0 saturated carbocycles. The van der Waals surface area contributed by atoms with Crippen LogP contribution in [0.3, 0.4) is 0 Å². The van der Waals surface area contributed by atoms with Gasteiger partial charge in [0.25, 0.3) is 0 Å². The summed E-state index contributed by atoms with van der Waals surface area (Å²) in [6, 6.07) is 10.3. The van der Waals surface area contributed by atoms with E-state index < -0.39 is 5.54 Å². The summed E-state index contributed by atoms with van der Waals surface area (Å²) >= 11 is 1.80. The number of benzene rings is 1. The van der Waals surface area contributed by atoms with Gasteiger partial charge in [-0.05, 0) is 75.0 Å². The average Bonchev–Trinajstić information content (AvgIpc) is 2.79. The van der Waals surface area contributed by atoms with Crippen molar-refractivity contribution in [2.45, 2.75) is 70.4 Å². The molecule has 0 unspecified atom stereocenters. The normalized spacial score (nSPS) is 21.4. The lowest BCUT2D eigenvalue weighted by molar-refractivity contribution is -0.161. The number of hydrogen-bond acceptors (Lipinski definition) is 4. The quantitative estimate of drug-likeness (QED) is 0.509. The SMILES string of the molecule is CSCCCN1C(=O)[C@H](CC(C)C)NC(=O)C12CCN(CCCCc1ccccc1)CC2. The van der Waals surface area contributed by atoms with Gasteiger partial charge < -0.3 is 15.1 Å². The average molecular weight is 460 g/mol. The van der Waals surface area contributed by atoms with Gasteiger partial charge in [0.2, 0.25) is 11.8 Å². The summed E-state index contributed by atoms with van der Waals surface area (Å²) in [6.07, 6.45) is 8.72. The Hall–Kier alpha value is -1.53. The highest BCUT2D eigenvalue weighted by molar-refractivity contribution is 7.98. The molecule has 1 atom stereocenters. The summed E-state index contributed by atoms with van der Waals surface area (Å²) in [7, 11) is 0. The molecule has 0 aromatic heterocycles. The van der Waals surface area contributed by atoms with E-state index >= 15 is 0 Å². The van der Waals surface area contributed by atoms with E-state index in [4.69, 9.17) is 0 Å². The molecule has 178 valence electrons. The van der Waals surface area contributed by atoms with Crippen LogP contribution in [0.1, 0.15) is 57.9 Å². The molecular formula is C26H41N3O2S. The number of hydrogen-bond donors (Lipinski definition) is 1. The maximum absolute atomic E-state index is 13.4. The zero-order valence-corrected chi connectivity index (χ0v) is 21.0. The Morgan fingerprint density at radius 2 is 1.78 bits per heavy atom. The van der Waals surface area contributed by atoms with Gasteiger partial charge >= 0.3 is 0 Å². The molecule has 5 nitrogen and oxygen atoms in total. The van der Waals surface area contributed by atoms with E-state index in [1.165, 1.54) is 18.4 Å². The highest BCUT2D eigenvalue weighted by atomic mass is 32.2. The summed E-state index contributed by atoms with van der Waals surface area (Å²) in [5.41, 5.74) is 0.753. The number of nitrogens with zero attached hydrogens (tertiary/aromatic N) is 2. The fourth-order valence-corrected chi connectivity index (χ4v) is 5.57. The van der Waals surface area contributed by atoms with Gasteiger partial charge in [-0.15, -0.1) is 0 Å². The van der Waals surface area contributed by atoms with Gasteiger partial charge in [-0.25, -0.2) is 0 Å². The number of carbonyl (C=O) groups excluding carboxylic acids is 2. The Morgan fingerprint density at radius 1 is 1.06 bits per heavy atom. The van der Waals surface area contributed by atoms with Crippen molar-refractivity contribution in [3.63, 3.8) is 0 Å². The van der Waals surface area contributed by atoms with Crippen LogP contribution in [0.15, 0.2) is 30.3 Å². The van der Waals surface area contributed by atoms with Gasteiger partial charge in [-0.1, -0.05) is 44.2 Å². The van der Waals surface area contributed by atoms with Gasteiger partial charge in [0, 0.05) is 19.6 Å². The first-order chi connectivity index (χ1) is 15.5. The van der Waals surface area contributed by atoms with Crippen LogP contribution in [-0.2, 0) is 16.0 Å². The zero-order chi connectivity index (χ0) is 23.0. The van der Waals surface area contributed by atoms with Crippen LogP contribution in [-0.4, -0.2) is 71.4 Å². The number of aryl methyl sites for hydroxylation is 1. The van der Waals surface area contributed by atoms with Crippen LogP contribution in [0.25, 0.3) is 0 Å². The number of nitrogens with one attached hydrogen (secondary N) is 1. The molecule has 1 N–H and O–H groups in total. The number of piperazine rings is 1. The molecule has 0 bridgehead atoms. The molecule has 3 rings (SSSR count). The van der Waals surface area contributed by atoms with Crippen molar-refractivity contribution in [3.8, 4) is 0 Å². The van der Waals surface area contributed by atoms with Crippen molar-refractivity contribution in [1.29, 1.82) is 0 Å². The summed E-state index contributed by atoms with van der Waals surface area (Å²) < 4.78 is 0. The number of likely N-dealkylation sites (tertiary alicyclic amines) is 1. The van der Waals surface area contributed by atoms with Gasteiger partial charge in [0.05, 0.1) is 0 Å². The molecule has 2 heterocycles. The third kappa shape index (κ3) is 6.28. The topological polar surface area (TPSA) is 52.7 Å². The summed E-state index contributed by atoms with van der Waals surface area (Å²) in [5.74, 6) is 1.61. The predicted molar refractivity (Wildman–Crippen MR) is 134 cm³/mol. The van der Waals surface area contributed by atoms with E-state index in [2.05, 4.69) is 60.7 Å². The second kappa shape index (κ2) is 12.1. The van der Waals surface area contributed by atoms with E-state index in [0.29, 0.717) is 18.9 Å². The number of piperidine rings is 1. The minimum atomic E-state index is -0.649. The summed E-state index contributed by atoms with van der Waals surface area (Å²) in [5, 5.41) is 3.11. The van der Waals surface area contributed by atoms with E-state index in [-0.39, 0.29) is 17.9 Å². The molecule has 2 fully saturated rings. The highest BCUT2D eigenvalue weighted by Crippen LogP contribution is 2.34. The number of rotatable bonds is 11. The largest absolute Gasteiger partial charge is 0.342 e. The molecule has 1 aromatic carbocycles. The van der Waals surface area contributed by atoms with E-state index in [9.17, 15) is 9.59 Å². The molecule has 1 aromatic rings. The zero-order valence-electron chi connectivity index (χ0n) is 20.1. The number of carbonyl (C=O) groups is 2. The van der Waals surface area contributed by atoms with E-state index in [1.54, 1.807) is 11.8 Å². The monoisotopic (exact) mass is 459 g/mol.